The average molecular weight is 373 g/mol. The molecule has 0 N–H and O–H groups in total. The molecule has 0 spiro atoms. The molecule has 0 atom stereocenters. The van der Waals surface area contributed by atoms with Gasteiger partial charge in [-0.25, -0.2) is 9.97 Å². The smallest absolute Gasteiger partial charge is 0.313 e. The average Bonchev–Trinajstić information content (AvgIpc) is 2.41. The highest BCUT2D eigenvalue weighted by Gasteiger charge is 2.21. The van der Waals surface area contributed by atoms with E-state index in [9.17, 15) is 10.1 Å². The van der Waals surface area contributed by atoms with Crippen LogP contribution in [0.5, 0.6) is 11.6 Å². The van der Waals surface area contributed by atoms with Crippen molar-refractivity contribution in [3.63, 3.8) is 0 Å². The Hall–Kier alpha value is -1.73. The summed E-state index contributed by atoms with van der Waals surface area (Å²) >= 11 is 9.22. The number of hydrogen-bond acceptors (Lipinski definition) is 5. The highest BCUT2D eigenvalue weighted by Crippen LogP contribution is 2.38. The van der Waals surface area contributed by atoms with E-state index in [1.165, 1.54) is 12.4 Å². The molecule has 0 aliphatic heterocycles. The monoisotopic (exact) mass is 371 g/mol. The number of benzene rings is 1. The Morgan fingerprint density at radius 1 is 1.43 bits per heavy atom. The number of ether oxygens (including phenoxy) is 1. The van der Waals surface area contributed by atoms with Gasteiger partial charge in [-0.05, 0) is 19.4 Å². The molecular formula is C13H11BrClN3O3. The van der Waals surface area contributed by atoms with E-state index in [0.717, 1.165) is 0 Å². The van der Waals surface area contributed by atoms with Gasteiger partial charge in [-0.3, -0.25) is 10.1 Å². The Morgan fingerprint density at radius 3 is 2.76 bits per heavy atom. The molecule has 0 amide bonds. The number of aromatic nitrogens is 2. The SMILES string of the molecule is CCc1c(Cl)ncnc1Oc1c(C)cc(Br)cc1[N+](=O)[O-]. The summed E-state index contributed by atoms with van der Waals surface area (Å²) in [5, 5.41) is 11.5. The van der Waals surface area contributed by atoms with Crippen LogP contribution < -0.4 is 4.74 Å². The quantitative estimate of drug-likeness (QED) is 0.449. The minimum atomic E-state index is -0.499. The lowest BCUT2D eigenvalue weighted by Gasteiger charge is -2.12. The van der Waals surface area contributed by atoms with E-state index in [0.29, 0.717) is 22.0 Å². The third kappa shape index (κ3) is 3.30. The maximum Gasteiger partial charge on any atom is 0.313 e. The van der Waals surface area contributed by atoms with Crippen molar-refractivity contribution in [2.75, 3.05) is 0 Å². The molecule has 0 bridgehead atoms. The fourth-order valence-corrected chi connectivity index (χ4v) is 2.66. The summed E-state index contributed by atoms with van der Waals surface area (Å²) in [5.74, 6) is 0.374. The van der Waals surface area contributed by atoms with Gasteiger partial charge in [0.2, 0.25) is 11.6 Å². The molecule has 110 valence electrons. The minimum Gasteiger partial charge on any atom is -0.431 e. The van der Waals surface area contributed by atoms with Gasteiger partial charge in [0.15, 0.2) is 0 Å². The van der Waals surface area contributed by atoms with Crippen molar-refractivity contribution < 1.29 is 9.66 Å². The van der Waals surface area contributed by atoms with Crippen molar-refractivity contribution in [3.8, 4) is 11.6 Å². The number of nitrogens with zero attached hydrogens (tertiary/aromatic N) is 3. The molecule has 1 heterocycles. The highest BCUT2D eigenvalue weighted by molar-refractivity contribution is 9.10. The van der Waals surface area contributed by atoms with E-state index < -0.39 is 4.92 Å². The van der Waals surface area contributed by atoms with Crippen molar-refractivity contribution in [2.45, 2.75) is 20.3 Å². The maximum atomic E-state index is 11.2. The first-order valence-corrected chi connectivity index (χ1v) is 7.22. The van der Waals surface area contributed by atoms with E-state index in [-0.39, 0.29) is 22.5 Å². The van der Waals surface area contributed by atoms with E-state index in [1.54, 1.807) is 13.0 Å². The molecule has 2 aromatic rings. The fraction of sp³-hybridized carbons (Fsp3) is 0.231. The van der Waals surface area contributed by atoms with Gasteiger partial charge in [-0.2, -0.15) is 0 Å². The van der Waals surface area contributed by atoms with Crippen molar-refractivity contribution in [2.24, 2.45) is 0 Å². The molecule has 0 radical (unpaired) electrons. The van der Waals surface area contributed by atoms with Crippen LogP contribution in [0.2, 0.25) is 5.15 Å². The zero-order chi connectivity index (χ0) is 15.6. The van der Waals surface area contributed by atoms with E-state index in [1.807, 2.05) is 6.92 Å². The first-order valence-electron chi connectivity index (χ1n) is 6.05. The second-order valence-corrected chi connectivity index (χ2v) is 5.51. The zero-order valence-corrected chi connectivity index (χ0v) is 13.6. The highest BCUT2D eigenvalue weighted by atomic mass is 79.9. The standard InChI is InChI=1S/C13H11BrClN3O3/c1-3-9-12(15)16-6-17-13(9)21-11-7(2)4-8(14)5-10(11)18(19)20/h4-6H,3H2,1-2H3. The van der Waals surface area contributed by atoms with Gasteiger partial charge in [0, 0.05) is 16.1 Å². The molecule has 0 fully saturated rings. The van der Waals surface area contributed by atoms with Gasteiger partial charge in [-0.1, -0.05) is 34.5 Å². The van der Waals surface area contributed by atoms with Crippen LogP contribution in [0.4, 0.5) is 5.69 Å². The third-order valence-corrected chi connectivity index (χ3v) is 3.61. The van der Waals surface area contributed by atoms with Crippen LogP contribution in [-0.4, -0.2) is 14.9 Å². The van der Waals surface area contributed by atoms with Crippen LogP contribution in [0.1, 0.15) is 18.1 Å². The Labute approximate surface area is 134 Å². The van der Waals surface area contributed by atoms with Gasteiger partial charge in [0.1, 0.15) is 11.5 Å². The Kier molecular flexibility index (Phi) is 4.74. The van der Waals surface area contributed by atoms with E-state index in [4.69, 9.17) is 16.3 Å². The molecule has 0 saturated carbocycles. The molecule has 2 rings (SSSR count). The van der Waals surface area contributed by atoms with Crippen LogP contribution in [0.15, 0.2) is 22.9 Å². The van der Waals surface area contributed by atoms with Gasteiger partial charge in [-0.15, -0.1) is 0 Å². The van der Waals surface area contributed by atoms with Crippen LogP contribution in [0.3, 0.4) is 0 Å². The predicted octanol–water partition coefficient (Wildman–Crippen LogP) is 4.46. The molecule has 6 nitrogen and oxygen atoms in total. The lowest BCUT2D eigenvalue weighted by atomic mass is 10.2. The van der Waals surface area contributed by atoms with Gasteiger partial charge >= 0.3 is 5.69 Å². The molecule has 0 unspecified atom stereocenters. The van der Waals surface area contributed by atoms with Crippen molar-refractivity contribution in [3.05, 3.63) is 49.3 Å². The zero-order valence-electron chi connectivity index (χ0n) is 11.3. The first kappa shape index (κ1) is 15.7. The van der Waals surface area contributed by atoms with Crippen LogP contribution in [-0.2, 0) is 6.42 Å². The van der Waals surface area contributed by atoms with E-state index in [2.05, 4.69) is 25.9 Å². The van der Waals surface area contributed by atoms with Crippen molar-refractivity contribution in [1.29, 1.82) is 0 Å². The largest absolute Gasteiger partial charge is 0.431 e. The molecule has 8 heteroatoms. The minimum absolute atomic E-state index is 0.140. The lowest BCUT2D eigenvalue weighted by Crippen LogP contribution is -2.01. The first-order chi connectivity index (χ1) is 9.93. The molecular weight excluding hydrogens is 362 g/mol. The number of hydrogen-bond donors (Lipinski definition) is 0. The Balaban J connectivity index is 2.54. The molecule has 0 aliphatic rings. The number of nitro benzene ring substituents is 1. The second kappa shape index (κ2) is 6.36. The molecule has 0 aliphatic carbocycles. The summed E-state index contributed by atoms with van der Waals surface area (Å²) in [7, 11) is 0. The van der Waals surface area contributed by atoms with Crippen LogP contribution in [0, 0.1) is 17.0 Å². The molecule has 21 heavy (non-hydrogen) atoms. The van der Waals surface area contributed by atoms with Gasteiger partial charge < -0.3 is 4.74 Å². The van der Waals surface area contributed by atoms with Gasteiger partial charge in [0.05, 0.1) is 10.5 Å². The third-order valence-electron chi connectivity index (χ3n) is 2.82. The molecule has 0 saturated heterocycles. The van der Waals surface area contributed by atoms with Gasteiger partial charge in [0.25, 0.3) is 0 Å². The Bertz CT molecular complexity index is 709. The topological polar surface area (TPSA) is 78.2 Å². The van der Waals surface area contributed by atoms with Crippen molar-refractivity contribution in [1.82, 2.24) is 9.97 Å². The maximum absolute atomic E-state index is 11.2. The van der Waals surface area contributed by atoms with Crippen LogP contribution >= 0.6 is 27.5 Å². The summed E-state index contributed by atoms with van der Waals surface area (Å²) in [6, 6.07) is 3.12. The predicted molar refractivity (Wildman–Crippen MR) is 82.0 cm³/mol. The second-order valence-electron chi connectivity index (χ2n) is 4.23. The summed E-state index contributed by atoms with van der Waals surface area (Å²) in [4.78, 5) is 18.6. The number of aryl methyl sites for hydroxylation is 1. The number of rotatable bonds is 4. The van der Waals surface area contributed by atoms with E-state index >= 15 is 0 Å². The summed E-state index contributed by atoms with van der Waals surface area (Å²) in [5.41, 5.74) is 1.09. The fourth-order valence-electron chi connectivity index (χ4n) is 1.84. The van der Waals surface area contributed by atoms with Crippen LogP contribution in [0.25, 0.3) is 0 Å². The molecule has 1 aromatic heterocycles. The lowest BCUT2D eigenvalue weighted by molar-refractivity contribution is -0.385. The number of halogens is 2. The van der Waals surface area contributed by atoms with Crippen molar-refractivity contribution >= 4 is 33.2 Å². The summed E-state index contributed by atoms with van der Waals surface area (Å²) in [6.45, 7) is 3.60. The number of nitro groups is 1. The normalized spacial score (nSPS) is 10.5. The Morgan fingerprint density at radius 2 is 2.14 bits per heavy atom. The molecule has 1 aromatic carbocycles. The summed E-state index contributed by atoms with van der Waals surface area (Å²) in [6.07, 6.45) is 1.81. The summed E-state index contributed by atoms with van der Waals surface area (Å²) < 4.78 is 6.27.